The van der Waals surface area contributed by atoms with Gasteiger partial charge in [-0.1, -0.05) is 12.1 Å². The number of likely N-dealkylation sites (tertiary alicyclic amines) is 2. The summed E-state index contributed by atoms with van der Waals surface area (Å²) < 4.78 is 54.0. The summed E-state index contributed by atoms with van der Waals surface area (Å²) in [6.45, 7) is 8.80. The Balaban J connectivity index is 0.644. The molecule has 5 saturated heterocycles. The number of amides is 4. The summed E-state index contributed by atoms with van der Waals surface area (Å²) in [4.78, 5) is 75.4. The van der Waals surface area contributed by atoms with Crippen LogP contribution in [0.4, 0.5) is 18.9 Å². The number of nitrogens with one attached hydrogen (secondary N) is 1. The van der Waals surface area contributed by atoms with Crippen molar-refractivity contribution in [3.63, 3.8) is 0 Å². The number of rotatable bonds is 12. The van der Waals surface area contributed by atoms with Crippen molar-refractivity contribution in [2.45, 2.75) is 82.1 Å². The molecule has 1 unspecified atom stereocenters. The first kappa shape index (κ1) is 47.9. The van der Waals surface area contributed by atoms with E-state index in [9.17, 15) is 37.1 Å². The number of piperazine rings is 1. The van der Waals surface area contributed by atoms with Crippen LogP contribution < -0.4 is 15.9 Å². The average molecular weight is 992 g/mol. The number of pyridine rings is 1. The number of aryl methyl sites for hydroxylation is 1. The summed E-state index contributed by atoms with van der Waals surface area (Å²) in [5.74, 6) is 0.784. The molecule has 1 N–H and O–H groups in total. The van der Waals surface area contributed by atoms with E-state index in [0.717, 1.165) is 98.5 Å². The number of imide groups is 1. The van der Waals surface area contributed by atoms with Crippen LogP contribution in [0.5, 0.6) is 0 Å². The SMILES string of the molecule is Cn1cnnc1CC1(c2cccc(-n3cc4c(C(F)(F)F)cc(CN5CCC(CC(=O)N6CCC(CN7CCN(c8ccc9c(c8)CN(C8CCC(=O)NC8=O)C9=O)CC7)CC6)CC5)cn4c3=O)c2)COC1. The molecule has 5 fully saturated rings. The number of carbonyl (C=O) groups excluding carboxylic acids is 4. The van der Waals surface area contributed by atoms with Gasteiger partial charge in [-0.05, 0) is 110 Å². The largest absolute Gasteiger partial charge is 0.418 e. The minimum atomic E-state index is -4.69. The fraction of sp³-hybridized carbons (Fsp3) is 0.519. The van der Waals surface area contributed by atoms with Crippen LogP contribution in [0.1, 0.15) is 83.4 Å². The third-order valence-corrected chi connectivity index (χ3v) is 16.2. The zero-order valence-electron chi connectivity index (χ0n) is 40.5. The Morgan fingerprint density at radius 2 is 1.61 bits per heavy atom. The predicted molar refractivity (Wildman–Crippen MR) is 258 cm³/mol. The van der Waals surface area contributed by atoms with Crippen molar-refractivity contribution < 1.29 is 37.1 Å². The Hall–Kier alpha value is -6.38. The van der Waals surface area contributed by atoms with Crippen molar-refractivity contribution in [3.05, 3.63) is 111 Å². The Kier molecular flexibility index (Phi) is 12.8. The molecule has 4 amide bonds. The van der Waals surface area contributed by atoms with Gasteiger partial charge >= 0.3 is 11.9 Å². The number of hydrogen-bond donors (Lipinski definition) is 1. The second kappa shape index (κ2) is 19.2. The van der Waals surface area contributed by atoms with Gasteiger partial charge in [0.15, 0.2) is 0 Å². The molecule has 2 aromatic carbocycles. The highest BCUT2D eigenvalue weighted by molar-refractivity contribution is 6.05. The first-order chi connectivity index (χ1) is 34.7. The first-order valence-corrected chi connectivity index (χ1v) is 25.3. The molecule has 380 valence electrons. The maximum absolute atomic E-state index is 14.7. The van der Waals surface area contributed by atoms with E-state index in [4.69, 9.17) is 4.74 Å². The molecule has 6 aliphatic heterocycles. The lowest BCUT2D eigenvalue weighted by atomic mass is 9.75. The minimum absolute atomic E-state index is 0.167. The third kappa shape index (κ3) is 9.43. The van der Waals surface area contributed by atoms with Gasteiger partial charge in [0, 0.05) is 114 Å². The van der Waals surface area contributed by atoms with E-state index in [-0.39, 0.29) is 42.1 Å². The number of imidazole rings is 1. The maximum Gasteiger partial charge on any atom is 0.418 e. The van der Waals surface area contributed by atoms with Crippen molar-refractivity contribution in [3.8, 4) is 5.69 Å². The van der Waals surface area contributed by atoms with Crippen LogP contribution in [0.25, 0.3) is 11.2 Å². The molecule has 11 rings (SSSR count). The van der Waals surface area contributed by atoms with Gasteiger partial charge in [-0.3, -0.25) is 43.3 Å². The molecule has 3 aromatic heterocycles. The fourth-order valence-electron chi connectivity index (χ4n) is 11.9. The Morgan fingerprint density at radius 3 is 2.31 bits per heavy atom. The molecule has 17 nitrogen and oxygen atoms in total. The molecular formula is C52H60F3N11O6. The summed E-state index contributed by atoms with van der Waals surface area (Å²) in [7, 11) is 1.87. The lowest BCUT2D eigenvalue weighted by Gasteiger charge is -2.41. The van der Waals surface area contributed by atoms with Crippen LogP contribution in [0.15, 0.2) is 72.0 Å². The van der Waals surface area contributed by atoms with Crippen LogP contribution in [0, 0.1) is 11.8 Å². The Labute approximate surface area is 414 Å². The number of anilines is 1. The van der Waals surface area contributed by atoms with E-state index >= 15 is 0 Å². The summed E-state index contributed by atoms with van der Waals surface area (Å²) >= 11 is 0. The van der Waals surface area contributed by atoms with Gasteiger partial charge < -0.3 is 24.0 Å². The quantitative estimate of drug-likeness (QED) is 0.179. The number of ether oxygens (including phenoxy) is 1. The Morgan fingerprint density at radius 1 is 0.847 bits per heavy atom. The molecule has 0 aliphatic carbocycles. The highest BCUT2D eigenvalue weighted by atomic mass is 19.4. The second-order valence-electron chi connectivity index (χ2n) is 20.9. The molecule has 9 heterocycles. The number of nitrogens with zero attached hydrogens (tertiary/aromatic N) is 10. The summed E-state index contributed by atoms with van der Waals surface area (Å²) in [5, 5.41) is 10.6. The van der Waals surface area contributed by atoms with E-state index in [1.54, 1.807) is 17.3 Å². The highest BCUT2D eigenvalue weighted by Crippen LogP contribution is 2.38. The molecule has 0 saturated carbocycles. The first-order valence-electron chi connectivity index (χ1n) is 25.3. The minimum Gasteiger partial charge on any atom is -0.379 e. The molecule has 0 spiro atoms. The molecule has 0 radical (unpaired) electrons. The van der Waals surface area contributed by atoms with Gasteiger partial charge in [-0.25, -0.2) is 4.79 Å². The molecule has 20 heteroatoms. The van der Waals surface area contributed by atoms with E-state index in [0.29, 0.717) is 74.8 Å². The lowest BCUT2D eigenvalue weighted by molar-refractivity contribution is -0.137. The highest BCUT2D eigenvalue weighted by Gasteiger charge is 2.43. The molecule has 72 heavy (non-hydrogen) atoms. The van der Waals surface area contributed by atoms with E-state index in [1.807, 2.05) is 46.8 Å². The molecular weight excluding hydrogens is 932 g/mol. The van der Waals surface area contributed by atoms with E-state index in [1.165, 1.54) is 23.0 Å². The van der Waals surface area contributed by atoms with Crippen molar-refractivity contribution in [1.82, 2.24) is 48.6 Å². The van der Waals surface area contributed by atoms with Gasteiger partial charge in [-0.15, -0.1) is 10.2 Å². The van der Waals surface area contributed by atoms with Crippen LogP contribution >= 0.6 is 0 Å². The lowest BCUT2D eigenvalue weighted by Crippen LogP contribution is -2.52. The van der Waals surface area contributed by atoms with Crippen molar-refractivity contribution in [1.29, 1.82) is 0 Å². The number of halogens is 3. The zero-order valence-corrected chi connectivity index (χ0v) is 40.5. The topological polar surface area (TPSA) is 163 Å². The number of benzene rings is 2. The van der Waals surface area contributed by atoms with Crippen LogP contribution in [-0.2, 0) is 57.3 Å². The number of carbonyl (C=O) groups is 4. The summed E-state index contributed by atoms with van der Waals surface area (Å²) in [6, 6.07) is 13.8. The summed E-state index contributed by atoms with van der Waals surface area (Å²) in [5.41, 5.74) is 2.29. The monoisotopic (exact) mass is 991 g/mol. The van der Waals surface area contributed by atoms with E-state index < -0.39 is 34.8 Å². The van der Waals surface area contributed by atoms with Crippen LogP contribution in [0.2, 0.25) is 0 Å². The smallest absolute Gasteiger partial charge is 0.379 e. The molecule has 1 atom stereocenters. The van der Waals surface area contributed by atoms with Crippen LogP contribution in [0.3, 0.4) is 0 Å². The Bertz CT molecular complexity index is 2960. The average Bonchev–Trinajstić information content (AvgIpc) is 4.03. The molecule has 6 aliphatic rings. The van der Waals surface area contributed by atoms with Gasteiger partial charge in [-0.2, -0.15) is 13.2 Å². The van der Waals surface area contributed by atoms with E-state index in [2.05, 4.69) is 36.3 Å². The third-order valence-electron chi connectivity index (χ3n) is 16.2. The number of piperidine rings is 3. The predicted octanol–water partition coefficient (Wildman–Crippen LogP) is 4.17. The molecule has 5 aromatic rings. The zero-order chi connectivity index (χ0) is 49.9. The van der Waals surface area contributed by atoms with Crippen molar-refractivity contribution >= 4 is 34.8 Å². The fourth-order valence-corrected chi connectivity index (χ4v) is 11.9. The van der Waals surface area contributed by atoms with Crippen molar-refractivity contribution in [2.24, 2.45) is 18.9 Å². The normalized spacial score (nSPS) is 21.6. The van der Waals surface area contributed by atoms with Crippen molar-refractivity contribution in [2.75, 3.05) is 77.0 Å². The second-order valence-corrected chi connectivity index (χ2v) is 20.9. The van der Waals surface area contributed by atoms with Gasteiger partial charge in [0.05, 0.1) is 30.0 Å². The number of hydrogen-bond acceptors (Lipinski definition) is 11. The van der Waals surface area contributed by atoms with Gasteiger partial charge in [0.1, 0.15) is 18.2 Å². The maximum atomic E-state index is 14.7. The number of alkyl halides is 3. The van der Waals surface area contributed by atoms with Gasteiger partial charge in [0.2, 0.25) is 17.7 Å². The number of aromatic nitrogens is 5. The molecule has 0 bridgehead atoms. The van der Waals surface area contributed by atoms with Crippen LogP contribution in [-0.4, -0.2) is 145 Å². The standard InChI is InChI=1S/C52H60F3N11O6/c1-59-33-56-58-45(59)25-51(31-72-32-51)38-3-2-4-40(24-38)64-30-44-42(52(53,54)55)21-36(28-66(44)50(64)71)27-60-13-9-34(10-14-60)22-47(68)63-15-11-35(12-16-63)26-61-17-19-62(20-18-61)39-5-6-41-37(23-39)29-65(49(41)70)43-7-8-46(67)57-48(43)69/h2-6,21,23-24,28,30,33-35,43H,7-20,22,25-27,29,31-32H2,1H3,(H,57,67,69). The van der Waals surface area contributed by atoms with Gasteiger partial charge in [0.25, 0.3) is 5.91 Å². The number of fused-ring (bicyclic) bond motifs is 2. The summed E-state index contributed by atoms with van der Waals surface area (Å²) in [6.07, 6.45) is 4.79.